The Bertz CT molecular complexity index is 993. The molecule has 1 fully saturated rings. The van der Waals surface area contributed by atoms with E-state index in [9.17, 15) is 13.2 Å². The summed E-state index contributed by atoms with van der Waals surface area (Å²) in [6, 6.07) is 0. The van der Waals surface area contributed by atoms with Crippen LogP contribution in [0.4, 0.5) is 0 Å². The predicted octanol–water partition coefficient (Wildman–Crippen LogP) is 1.79. The Morgan fingerprint density at radius 2 is 1.86 bits per heavy atom. The molecule has 10 heteroatoms. The van der Waals surface area contributed by atoms with Crippen LogP contribution >= 0.6 is 11.3 Å². The number of amides is 1. The van der Waals surface area contributed by atoms with E-state index < -0.39 is 10.0 Å². The van der Waals surface area contributed by atoms with Crippen molar-refractivity contribution in [3.63, 3.8) is 0 Å². The van der Waals surface area contributed by atoms with Crippen LogP contribution in [-0.2, 0) is 14.8 Å². The second kappa shape index (κ2) is 8.02. The van der Waals surface area contributed by atoms with Crippen molar-refractivity contribution in [2.75, 3.05) is 25.4 Å². The first kappa shape index (κ1) is 21.1. The van der Waals surface area contributed by atoms with Gasteiger partial charge in [0.15, 0.2) is 0 Å². The van der Waals surface area contributed by atoms with Crippen LogP contribution < -0.4 is 5.32 Å². The van der Waals surface area contributed by atoms with E-state index in [2.05, 4.69) is 15.3 Å². The highest BCUT2D eigenvalue weighted by Crippen LogP contribution is 2.31. The largest absolute Gasteiger partial charge is 0.373 e. The van der Waals surface area contributed by atoms with Crippen molar-refractivity contribution >= 4 is 37.5 Å². The second-order valence-corrected chi connectivity index (χ2v) is 10.3. The molecule has 1 amide bonds. The topological polar surface area (TPSA) is 101 Å². The highest BCUT2D eigenvalue weighted by atomic mass is 32.2. The molecule has 0 spiro atoms. The number of hydrogen-bond donors (Lipinski definition) is 1. The number of aryl methyl sites for hydroxylation is 3. The van der Waals surface area contributed by atoms with Crippen LogP contribution in [0.5, 0.6) is 0 Å². The molecule has 1 N–H and O–H groups in total. The van der Waals surface area contributed by atoms with Crippen molar-refractivity contribution in [1.29, 1.82) is 0 Å². The molecule has 0 bridgehead atoms. The lowest BCUT2D eigenvalue weighted by Gasteiger charge is -2.34. The molecule has 1 aliphatic heterocycles. The Labute approximate surface area is 169 Å². The van der Waals surface area contributed by atoms with Crippen molar-refractivity contribution in [2.24, 2.45) is 0 Å². The minimum Gasteiger partial charge on any atom is -0.373 e. The fraction of sp³-hybridized carbons (Fsp3) is 0.611. The van der Waals surface area contributed by atoms with Crippen LogP contribution in [0.1, 0.15) is 40.6 Å². The average molecular weight is 427 g/mol. The summed E-state index contributed by atoms with van der Waals surface area (Å²) in [6.45, 7) is 10.0. The molecule has 2 aromatic heterocycles. The molecule has 0 radical (unpaired) electrons. The van der Waals surface area contributed by atoms with Crippen LogP contribution in [0.25, 0.3) is 10.2 Å². The zero-order valence-electron chi connectivity index (χ0n) is 16.8. The summed E-state index contributed by atoms with van der Waals surface area (Å²) in [7, 11) is -3.45. The number of nitrogens with one attached hydrogen (secondary N) is 1. The van der Waals surface area contributed by atoms with Gasteiger partial charge in [0.1, 0.15) is 10.7 Å². The van der Waals surface area contributed by atoms with E-state index >= 15 is 0 Å². The summed E-state index contributed by atoms with van der Waals surface area (Å²) in [5.41, 5.74) is 1.67. The van der Waals surface area contributed by atoms with Gasteiger partial charge in [-0.15, -0.1) is 11.3 Å². The Kier molecular flexibility index (Phi) is 6.04. The molecule has 1 aliphatic rings. The lowest BCUT2D eigenvalue weighted by molar-refractivity contribution is -0.0440. The molecule has 3 rings (SSSR count). The van der Waals surface area contributed by atoms with Crippen molar-refractivity contribution in [3.05, 3.63) is 22.0 Å². The molecular formula is C18H26N4O4S2. The summed E-state index contributed by atoms with van der Waals surface area (Å²) in [4.78, 5) is 22.7. The van der Waals surface area contributed by atoms with Crippen LogP contribution in [-0.4, -0.2) is 66.2 Å². The Hall–Kier alpha value is -1.62. The molecule has 3 heterocycles. The van der Waals surface area contributed by atoms with Crippen molar-refractivity contribution in [1.82, 2.24) is 19.6 Å². The quantitative estimate of drug-likeness (QED) is 0.782. The van der Waals surface area contributed by atoms with E-state index in [0.29, 0.717) is 23.8 Å². The number of nitrogens with zero attached hydrogens (tertiary/aromatic N) is 3. The van der Waals surface area contributed by atoms with Crippen molar-refractivity contribution < 1.29 is 17.9 Å². The number of fused-ring (bicyclic) bond motifs is 1. The summed E-state index contributed by atoms with van der Waals surface area (Å²) >= 11 is 1.31. The standard InChI is InChI=1S/C18H26N4O4S2/c1-10-8-22(9-11(2)26-10)28(24,25)7-6-19-17(23)16-12(3)15-13(4)20-14(5)21-18(15)27-16/h10-11H,6-9H2,1-5H3,(H,19,23). The van der Waals surface area contributed by atoms with Crippen LogP contribution in [0.15, 0.2) is 0 Å². The predicted molar refractivity (Wildman–Crippen MR) is 109 cm³/mol. The van der Waals surface area contributed by atoms with Gasteiger partial charge in [0, 0.05) is 30.7 Å². The van der Waals surface area contributed by atoms with Crippen molar-refractivity contribution in [3.8, 4) is 0 Å². The molecule has 1 saturated heterocycles. The zero-order chi connectivity index (χ0) is 20.6. The average Bonchev–Trinajstić information content (AvgIpc) is 2.90. The van der Waals surface area contributed by atoms with Gasteiger partial charge in [0.05, 0.1) is 22.8 Å². The maximum atomic E-state index is 12.6. The van der Waals surface area contributed by atoms with Gasteiger partial charge in [-0.25, -0.2) is 18.4 Å². The van der Waals surface area contributed by atoms with E-state index in [1.807, 2.05) is 34.6 Å². The van der Waals surface area contributed by atoms with E-state index in [4.69, 9.17) is 4.74 Å². The first-order chi connectivity index (χ1) is 13.1. The van der Waals surface area contributed by atoms with Gasteiger partial charge < -0.3 is 10.1 Å². The summed E-state index contributed by atoms with van der Waals surface area (Å²) in [5.74, 6) is 0.245. The number of sulfonamides is 1. The minimum absolute atomic E-state index is 0.0542. The number of carbonyl (C=O) groups is 1. The molecular weight excluding hydrogens is 400 g/mol. The van der Waals surface area contributed by atoms with E-state index in [-0.39, 0.29) is 30.4 Å². The number of aromatic nitrogens is 2. The zero-order valence-corrected chi connectivity index (χ0v) is 18.4. The molecule has 0 aliphatic carbocycles. The first-order valence-corrected chi connectivity index (χ1v) is 11.7. The Morgan fingerprint density at radius 3 is 2.50 bits per heavy atom. The normalized spacial score (nSPS) is 21.2. The maximum Gasteiger partial charge on any atom is 0.261 e. The van der Waals surface area contributed by atoms with Crippen molar-refractivity contribution in [2.45, 2.75) is 46.8 Å². The van der Waals surface area contributed by atoms with Crippen LogP contribution in [0, 0.1) is 20.8 Å². The van der Waals surface area contributed by atoms with E-state index in [1.54, 1.807) is 0 Å². The Balaban J connectivity index is 1.67. The molecule has 8 nitrogen and oxygen atoms in total. The van der Waals surface area contributed by atoms with Gasteiger partial charge in [-0.2, -0.15) is 4.31 Å². The molecule has 2 aromatic rings. The van der Waals surface area contributed by atoms with Crippen LogP contribution in [0.3, 0.4) is 0 Å². The number of carbonyl (C=O) groups excluding carboxylic acids is 1. The molecule has 0 aromatic carbocycles. The third-order valence-corrected chi connectivity index (χ3v) is 7.70. The molecule has 2 atom stereocenters. The second-order valence-electron chi connectivity index (χ2n) is 7.24. The highest BCUT2D eigenvalue weighted by Gasteiger charge is 2.30. The van der Waals surface area contributed by atoms with Gasteiger partial charge in [-0.1, -0.05) is 0 Å². The number of ether oxygens (including phenoxy) is 1. The van der Waals surface area contributed by atoms with Crippen LogP contribution in [0.2, 0.25) is 0 Å². The molecule has 2 unspecified atom stereocenters. The monoisotopic (exact) mass is 426 g/mol. The van der Waals surface area contributed by atoms with Gasteiger partial charge in [0.2, 0.25) is 10.0 Å². The third kappa shape index (κ3) is 4.35. The SMILES string of the molecule is Cc1nc(C)c2c(C)c(C(=O)NCCS(=O)(=O)N3CC(C)OC(C)C3)sc2n1. The summed E-state index contributed by atoms with van der Waals surface area (Å²) in [5, 5.41) is 3.63. The van der Waals surface area contributed by atoms with E-state index in [0.717, 1.165) is 21.5 Å². The maximum absolute atomic E-state index is 12.6. The van der Waals surface area contributed by atoms with Gasteiger partial charge >= 0.3 is 0 Å². The molecule has 28 heavy (non-hydrogen) atoms. The fourth-order valence-electron chi connectivity index (χ4n) is 3.55. The molecule has 154 valence electrons. The number of thiophene rings is 1. The number of morpholine rings is 1. The first-order valence-electron chi connectivity index (χ1n) is 9.24. The van der Waals surface area contributed by atoms with Gasteiger partial charge in [-0.05, 0) is 40.2 Å². The van der Waals surface area contributed by atoms with Gasteiger partial charge in [0.25, 0.3) is 5.91 Å². The third-order valence-electron chi connectivity index (χ3n) is 4.71. The molecule has 0 saturated carbocycles. The Morgan fingerprint density at radius 1 is 1.21 bits per heavy atom. The summed E-state index contributed by atoms with van der Waals surface area (Å²) in [6.07, 6.45) is -0.274. The lowest BCUT2D eigenvalue weighted by Crippen LogP contribution is -2.49. The van der Waals surface area contributed by atoms with Gasteiger partial charge in [-0.3, -0.25) is 4.79 Å². The smallest absolute Gasteiger partial charge is 0.261 e. The fourth-order valence-corrected chi connectivity index (χ4v) is 6.24. The summed E-state index contributed by atoms with van der Waals surface area (Å²) < 4.78 is 32.2. The number of rotatable bonds is 5. The highest BCUT2D eigenvalue weighted by molar-refractivity contribution is 7.89. The minimum atomic E-state index is -3.45. The van der Waals surface area contributed by atoms with E-state index in [1.165, 1.54) is 15.6 Å². The lowest BCUT2D eigenvalue weighted by atomic mass is 10.1. The number of hydrogen-bond acceptors (Lipinski definition) is 7.